The normalized spacial score (nSPS) is 14.4. The van der Waals surface area contributed by atoms with Crippen LogP contribution in [0.15, 0.2) is 46.3 Å². The number of halogens is 3. The Morgan fingerprint density at radius 1 is 1.26 bits per heavy atom. The topological polar surface area (TPSA) is 121 Å². The van der Waals surface area contributed by atoms with Gasteiger partial charge in [-0.2, -0.15) is 23.4 Å². The summed E-state index contributed by atoms with van der Waals surface area (Å²) >= 11 is 1.07. The summed E-state index contributed by atoms with van der Waals surface area (Å²) in [6.07, 6.45) is -2.60. The monoisotopic (exact) mass is 505 g/mol. The van der Waals surface area contributed by atoms with Gasteiger partial charge in [0.15, 0.2) is 16.7 Å². The molecule has 0 aliphatic carbocycles. The number of hydrogen-bond donors (Lipinski definition) is 2. The number of aromatic hydroxyl groups is 1. The number of benzene rings is 2. The number of nitrogens with zero attached hydrogens (tertiary/aromatic N) is 2. The van der Waals surface area contributed by atoms with Crippen molar-refractivity contribution in [2.45, 2.75) is 19.0 Å². The predicted molar refractivity (Wildman–Crippen MR) is 122 cm³/mol. The third-order valence-corrected chi connectivity index (χ3v) is 5.54. The second-order valence-electron chi connectivity index (χ2n) is 7.09. The number of carbonyl (C=O) groups is 2. The number of phenolic OH excluding ortho intramolecular Hbond substituents is 1. The van der Waals surface area contributed by atoms with Crippen molar-refractivity contribution < 1.29 is 37.3 Å². The molecule has 182 valence electrons. The van der Waals surface area contributed by atoms with Crippen molar-refractivity contribution in [2.75, 3.05) is 13.7 Å². The van der Waals surface area contributed by atoms with Crippen molar-refractivity contribution in [2.24, 2.45) is 4.99 Å². The number of hydrogen-bond acceptors (Lipinski definition) is 8. The number of aliphatic imine (C=N–C) groups is 1. The summed E-state index contributed by atoms with van der Waals surface area (Å²) in [6, 6.07) is 8.42. The number of amides is 1. The second kappa shape index (κ2) is 11.0. The molecule has 0 bridgehead atoms. The lowest BCUT2D eigenvalue weighted by atomic mass is 10.1. The van der Waals surface area contributed by atoms with Gasteiger partial charge in [-0.25, -0.2) is 0 Å². The van der Waals surface area contributed by atoms with Crippen molar-refractivity contribution in [3.63, 3.8) is 0 Å². The molecule has 0 fully saturated rings. The predicted octanol–water partition coefficient (Wildman–Crippen LogP) is 4.59. The molecule has 0 spiro atoms. The van der Waals surface area contributed by atoms with Gasteiger partial charge in [-0.1, -0.05) is 6.07 Å². The van der Waals surface area contributed by atoms with Crippen molar-refractivity contribution >= 4 is 34.9 Å². The minimum absolute atomic E-state index is 0.186. The first-order chi connectivity index (χ1) is 16.6. The SMILES string of the molecule is COC(=O)CCCNC1=NC(=O)/C(=C/c2ccc(Oc3ccc(C#N)cc3C(F)(F)F)c(O)c2)S1. The summed E-state index contributed by atoms with van der Waals surface area (Å²) in [7, 11) is 1.30. The molecular formula is C23H18F3N3O5S. The summed E-state index contributed by atoms with van der Waals surface area (Å²) in [5.74, 6) is -2.11. The molecule has 1 aliphatic heterocycles. The van der Waals surface area contributed by atoms with Crippen LogP contribution >= 0.6 is 11.8 Å². The van der Waals surface area contributed by atoms with E-state index in [-0.39, 0.29) is 28.6 Å². The Bertz CT molecular complexity index is 1250. The molecule has 1 amide bonds. The molecule has 2 N–H and O–H groups in total. The molecule has 8 nitrogen and oxygen atoms in total. The minimum Gasteiger partial charge on any atom is -0.504 e. The van der Waals surface area contributed by atoms with Gasteiger partial charge in [0.25, 0.3) is 5.91 Å². The third kappa shape index (κ3) is 6.77. The summed E-state index contributed by atoms with van der Waals surface area (Å²) in [6.45, 7) is 0.406. The van der Waals surface area contributed by atoms with Gasteiger partial charge in [0, 0.05) is 13.0 Å². The van der Waals surface area contributed by atoms with E-state index in [1.165, 1.54) is 37.5 Å². The largest absolute Gasteiger partial charge is 0.504 e. The van der Waals surface area contributed by atoms with Gasteiger partial charge in [0.2, 0.25) is 0 Å². The molecule has 0 saturated carbocycles. The van der Waals surface area contributed by atoms with E-state index in [0.717, 1.165) is 17.8 Å². The van der Waals surface area contributed by atoms with E-state index in [1.807, 2.05) is 0 Å². The highest BCUT2D eigenvalue weighted by molar-refractivity contribution is 8.18. The van der Waals surface area contributed by atoms with Gasteiger partial charge in [-0.15, -0.1) is 0 Å². The molecule has 2 aromatic rings. The molecule has 12 heteroatoms. The van der Waals surface area contributed by atoms with Crippen LogP contribution in [0.2, 0.25) is 0 Å². The molecule has 35 heavy (non-hydrogen) atoms. The number of ether oxygens (including phenoxy) is 2. The number of thioether (sulfide) groups is 1. The average molecular weight is 505 g/mol. The van der Waals surface area contributed by atoms with Gasteiger partial charge in [-0.3, -0.25) is 9.59 Å². The maximum Gasteiger partial charge on any atom is 0.420 e. The maximum absolute atomic E-state index is 13.3. The van der Waals surface area contributed by atoms with E-state index in [4.69, 9.17) is 10.00 Å². The van der Waals surface area contributed by atoms with Crippen molar-refractivity contribution in [3.8, 4) is 23.3 Å². The van der Waals surface area contributed by atoms with Gasteiger partial charge in [0.1, 0.15) is 5.75 Å². The molecule has 0 saturated heterocycles. The first kappa shape index (κ1) is 25.6. The average Bonchev–Trinajstić information content (AvgIpc) is 3.16. The summed E-state index contributed by atoms with van der Waals surface area (Å²) in [4.78, 5) is 27.4. The van der Waals surface area contributed by atoms with Gasteiger partial charge >= 0.3 is 12.1 Å². The molecule has 1 aliphatic rings. The molecule has 0 aromatic heterocycles. The Kier molecular flexibility index (Phi) is 8.03. The van der Waals surface area contributed by atoms with Gasteiger partial charge in [-0.05, 0) is 60.2 Å². The zero-order valence-corrected chi connectivity index (χ0v) is 19.0. The van der Waals surface area contributed by atoms with Gasteiger partial charge < -0.3 is 19.9 Å². The molecule has 0 radical (unpaired) electrons. The van der Waals surface area contributed by atoms with Crippen LogP contribution in [0.5, 0.6) is 17.2 Å². The van der Waals surface area contributed by atoms with Crippen LogP contribution in [0.25, 0.3) is 6.08 Å². The fourth-order valence-corrected chi connectivity index (χ4v) is 3.74. The summed E-state index contributed by atoms with van der Waals surface area (Å²) < 4.78 is 49.9. The highest BCUT2D eigenvalue weighted by atomic mass is 32.2. The Hall–Kier alpha value is -3.98. The number of carbonyl (C=O) groups excluding carboxylic acids is 2. The molecule has 0 unspecified atom stereocenters. The van der Waals surface area contributed by atoms with Crippen LogP contribution in [0.3, 0.4) is 0 Å². The molecular weight excluding hydrogens is 487 g/mol. The number of nitrogens with one attached hydrogen (secondary N) is 1. The van der Waals surface area contributed by atoms with Crippen LogP contribution in [0.1, 0.15) is 29.5 Å². The Morgan fingerprint density at radius 3 is 2.66 bits per heavy atom. The summed E-state index contributed by atoms with van der Waals surface area (Å²) in [5, 5.41) is 22.4. The smallest absolute Gasteiger partial charge is 0.420 e. The lowest BCUT2D eigenvalue weighted by molar-refractivity contribution is -0.141. The Morgan fingerprint density at radius 2 is 2.00 bits per heavy atom. The summed E-state index contributed by atoms with van der Waals surface area (Å²) in [5.41, 5.74) is -0.947. The van der Waals surface area contributed by atoms with E-state index in [2.05, 4.69) is 15.0 Å². The zero-order valence-electron chi connectivity index (χ0n) is 18.2. The Labute approximate surface area is 202 Å². The van der Waals surface area contributed by atoms with Gasteiger partial charge in [0.05, 0.1) is 29.2 Å². The highest BCUT2D eigenvalue weighted by Gasteiger charge is 2.35. The second-order valence-corrected chi connectivity index (χ2v) is 8.12. The molecule has 0 atom stereocenters. The highest BCUT2D eigenvalue weighted by Crippen LogP contribution is 2.41. The quantitative estimate of drug-likeness (QED) is 0.319. The van der Waals surface area contributed by atoms with Crippen molar-refractivity contribution in [1.29, 1.82) is 5.26 Å². The number of rotatable bonds is 7. The lowest BCUT2D eigenvalue weighted by Crippen LogP contribution is -2.20. The number of esters is 1. The van der Waals surface area contributed by atoms with Crippen LogP contribution < -0.4 is 10.1 Å². The third-order valence-electron chi connectivity index (χ3n) is 4.60. The van der Waals surface area contributed by atoms with E-state index >= 15 is 0 Å². The number of amidine groups is 1. The first-order valence-electron chi connectivity index (χ1n) is 10.1. The van der Waals surface area contributed by atoms with E-state index in [0.29, 0.717) is 29.8 Å². The van der Waals surface area contributed by atoms with Crippen molar-refractivity contribution in [3.05, 3.63) is 58.0 Å². The van der Waals surface area contributed by atoms with E-state index in [9.17, 15) is 27.9 Å². The maximum atomic E-state index is 13.3. The fraction of sp³-hybridized carbons (Fsp3) is 0.217. The number of phenols is 1. The first-order valence-corrected chi connectivity index (χ1v) is 10.9. The van der Waals surface area contributed by atoms with Crippen LogP contribution in [0.4, 0.5) is 13.2 Å². The molecule has 3 rings (SSSR count). The standard InChI is InChI=1S/C23H18F3N3O5S/c1-33-20(31)3-2-8-28-22-29-21(32)19(35-22)11-13-4-7-18(16(30)10-13)34-17-6-5-14(12-27)9-15(17)23(24,25)26/h4-7,9-11,30H,2-3,8H2,1H3,(H,28,29,32)/b19-11-. The molecule has 2 aromatic carbocycles. The number of methoxy groups -OCH3 is 1. The van der Waals surface area contributed by atoms with Crippen LogP contribution in [0, 0.1) is 11.3 Å². The van der Waals surface area contributed by atoms with Crippen LogP contribution in [-0.2, 0) is 20.5 Å². The van der Waals surface area contributed by atoms with E-state index < -0.39 is 29.1 Å². The van der Waals surface area contributed by atoms with Crippen LogP contribution in [-0.4, -0.2) is 35.8 Å². The van der Waals surface area contributed by atoms with Crippen molar-refractivity contribution in [1.82, 2.24) is 5.32 Å². The lowest BCUT2D eigenvalue weighted by Gasteiger charge is -2.15. The number of alkyl halides is 3. The number of nitriles is 1. The van der Waals surface area contributed by atoms with E-state index in [1.54, 1.807) is 6.07 Å². The molecule has 1 heterocycles. The fourth-order valence-electron chi connectivity index (χ4n) is 2.91. The zero-order chi connectivity index (χ0) is 25.6. The Balaban J connectivity index is 1.69. The minimum atomic E-state index is -4.77.